The Morgan fingerprint density at radius 1 is 1.19 bits per heavy atom. The van der Waals surface area contributed by atoms with Gasteiger partial charge in [-0.3, -0.25) is 14.8 Å². The van der Waals surface area contributed by atoms with E-state index in [0.29, 0.717) is 5.69 Å². The van der Waals surface area contributed by atoms with E-state index in [4.69, 9.17) is 5.11 Å². The van der Waals surface area contributed by atoms with Crippen molar-refractivity contribution in [2.75, 3.05) is 11.9 Å². The van der Waals surface area contributed by atoms with Crippen LogP contribution in [0.15, 0.2) is 55.0 Å². The van der Waals surface area contributed by atoms with E-state index in [0.717, 1.165) is 39.2 Å². The number of anilines is 1. The highest BCUT2D eigenvalue weighted by Gasteiger charge is 2.12. The molecule has 0 atom stereocenters. The fourth-order valence-electron chi connectivity index (χ4n) is 2.94. The maximum absolute atomic E-state index is 10.7. The van der Waals surface area contributed by atoms with Crippen molar-refractivity contribution in [2.24, 2.45) is 0 Å². The van der Waals surface area contributed by atoms with Gasteiger partial charge in [0.15, 0.2) is 0 Å². The zero-order valence-corrected chi connectivity index (χ0v) is 14.6. The zero-order valence-electron chi connectivity index (χ0n) is 14.6. The molecule has 0 unspecified atom stereocenters. The van der Waals surface area contributed by atoms with Gasteiger partial charge >= 0.3 is 5.97 Å². The van der Waals surface area contributed by atoms with Crippen LogP contribution in [0.4, 0.5) is 5.69 Å². The molecule has 1 aromatic carbocycles. The van der Waals surface area contributed by atoms with Crippen LogP contribution >= 0.6 is 0 Å². The summed E-state index contributed by atoms with van der Waals surface area (Å²) in [6, 6.07) is 13.6. The molecule has 0 saturated heterocycles. The minimum Gasteiger partial charge on any atom is -0.480 e. The van der Waals surface area contributed by atoms with Gasteiger partial charge in [0.2, 0.25) is 0 Å². The summed E-state index contributed by atoms with van der Waals surface area (Å²) in [5.74, 6) is -0.921. The number of carboxylic acids is 1. The number of rotatable bonds is 5. The Balaban J connectivity index is 1.74. The van der Waals surface area contributed by atoms with Gasteiger partial charge in [-0.15, -0.1) is 0 Å². The summed E-state index contributed by atoms with van der Waals surface area (Å²) in [4.78, 5) is 27.3. The fraction of sp³-hybridized carbons (Fsp3) is 0.100. The van der Waals surface area contributed by atoms with Gasteiger partial charge in [-0.25, -0.2) is 4.98 Å². The number of aliphatic carboxylic acids is 1. The molecular formula is C20H17N5O2. The standard InChI is InChI=1S/C20H17N5O2/c1-12-3-2-4-17(25-12)20-19(23-11-24-20)13-5-6-16-14(7-13)8-15(9-22-16)21-10-18(26)27/h2-9,11,21H,10H2,1H3,(H,23,24)(H,26,27). The number of aryl methyl sites for hydroxylation is 1. The molecule has 0 amide bonds. The first-order valence-corrected chi connectivity index (χ1v) is 8.43. The lowest BCUT2D eigenvalue weighted by molar-refractivity contribution is -0.134. The number of aromatic nitrogens is 4. The van der Waals surface area contributed by atoms with Crippen LogP contribution in [0.5, 0.6) is 0 Å². The zero-order chi connectivity index (χ0) is 18.8. The predicted octanol–water partition coefficient (Wildman–Crippen LogP) is 3.49. The molecule has 27 heavy (non-hydrogen) atoms. The molecule has 0 radical (unpaired) electrons. The van der Waals surface area contributed by atoms with Gasteiger partial charge in [0.05, 0.1) is 40.8 Å². The Labute approximate surface area is 155 Å². The van der Waals surface area contributed by atoms with E-state index in [9.17, 15) is 4.79 Å². The average Bonchev–Trinajstić information content (AvgIpc) is 3.15. The molecule has 0 aliphatic carbocycles. The van der Waals surface area contributed by atoms with Crippen LogP contribution in [0.2, 0.25) is 0 Å². The van der Waals surface area contributed by atoms with Crippen molar-refractivity contribution in [1.82, 2.24) is 19.9 Å². The van der Waals surface area contributed by atoms with Crippen LogP contribution in [0.3, 0.4) is 0 Å². The number of nitrogens with zero attached hydrogens (tertiary/aromatic N) is 3. The van der Waals surface area contributed by atoms with Crippen molar-refractivity contribution < 1.29 is 9.90 Å². The molecule has 0 saturated carbocycles. The van der Waals surface area contributed by atoms with Crippen molar-refractivity contribution in [1.29, 1.82) is 0 Å². The highest BCUT2D eigenvalue weighted by Crippen LogP contribution is 2.30. The molecule has 7 heteroatoms. The SMILES string of the molecule is Cc1cccc(-c2[nH]cnc2-c2ccc3ncc(NCC(=O)O)cc3c2)n1. The molecule has 0 spiro atoms. The van der Waals surface area contributed by atoms with E-state index in [1.165, 1.54) is 0 Å². The Morgan fingerprint density at radius 2 is 2.07 bits per heavy atom. The number of fused-ring (bicyclic) bond motifs is 1. The number of benzene rings is 1. The number of carboxylic acid groups (broad SMARTS) is 1. The second-order valence-corrected chi connectivity index (χ2v) is 6.17. The van der Waals surface area contributed by atoms with Gasteiger partial charge in [-0.1, -0.05) is 12.1 Å². The van der Waals surface area contributed by atoms with Crippen LogP contribution in [0.25, 0.3) is 33.5 Å². The van der Waals surface area contributed by atoms with Gasteiger partial charge in [-0.2, -0.15) is 0 Å². The number of imidazole rings is 1. The van der Waals surface area contributed by atoms with E-state index < -0.39 is 5.97 Å². The molecule has 3 N–H and O–H groups in total. The first kappa shape index (κ1) is 16.7. The van der Waals surface area contributed by atoms with Crippen molar-refractivity contribution in [3.63, 3.8) is 0 Å². The second kappa shape index (κ2) is 6.87. The monoisotopic (exact) mass is 359 g/mol. The van der Waals surface area contributed by atoms with Crippen LogP contribution in [0, 0.1) is 6.92 Å². The molecule has 7 nitrogen and oxygen atoms in total. The molecule has 0 aliphatic heterocycles. The highest BCUT2D eigenvalue weighted by atomic mass is 16.4. The lowest BCUT2D eigenvalue weighted by atomic mass is 10.0. The molecule has 0 fully saturated rings. The molecule has 134 valence electrons. The second-order valence-electron chi connectivity index (χ2n) is 6.17. The van der Waals surface area contributed by atoms with Crippen LogP contribution in [-0.2, 0) is 4.79 Å². The fourth-order valence-corrected chi connectivity index (χ4v) is 2.94. The summed E-state index contributed by atoms with van der Waals surface area (Å²) in [5.41, 5.74) is 5.84. The number of pyridine rings is 2. The van der Waals surface area contributed by atoms with Crippen molar-refractivity contribution >= 4 is 22.6 Å². The van der Waals surface area contributed by atoms with E-state index in [-0.39, 0.29) is 6.54 Å². The first-order chi connectivity index (χ1) is 13.1. The van der Waals surface area contributed by atoms with Crippen LogP contribution < -0.4 is 5.32 Å². The molecule has 0 bridgehead atoms. The van der Waals surface area contributed by atoms with Gasteiger partial charge in [0, 0.05) is 16.6 Å². The van der Waals surface area contributed by atoms with Gasteiger partial charge < -0.3 is 15.4 Å². The summed E-state index contributed by atoms with van der Waals surface area (Å²) in [6.45, 7) is 1.79. The largest absolute Gasteiger partial charge is 0.480 e. The third-order valence-electron chi connectivity index (χ3n) is 4.18. The molecule has 4 aromatic rings. The third kappa shape index (κ3) is 3.48. The number of H-pyrrole nitrogens is 1. The lowest BCUT2D eigenvalue weighted by Crippen LogP contribution is -2.12. The van der Waals surface area contributed by atoms with Crippen molar-refractivity contribution in [2.45, 2.75) is 6.92 Å². The Morgan fingerprint density at radius 3 is 2.89 bits per heavy atom. The number of nitrogens with one attached hydrogen (secondary N) is 2. The molecule has 0 aliphatic rings. The van der Waals surface area contributed by atoms with E-state index in [1.54, 1.807) is 12.5 Å². The van der Waals surface area contributed by atoms with E-state index in [2.05, 4.69) is 25.3 Å². The number of aromatic amines is 1. The summed E-state index contributed by atoms with van der Waals surface area (Å²) >= 11 is 0. The average molecular weight is 359 g/mol. The Hall–Kier alpha value is -3.74. The normalized spacial score (nSPS) is 10.9. The Kier molecular flexibility index (Phi) is 4.25. The van der Waals surface area contributed by atoms with Crippen LogP contribution in [-0.4, -0.2) is 37.6 Å². The summed E-state index contributed by atoms with van der Waals surface area (Å²) in [5, 5.41) is 12.6. The topological polar surface area (TPSA) is 104 Å². The van der Waals surface area contributed by atoms with Gasteiger partial charge in [0.25, 0.3) is 0 Å². The lowest BCUT2D eigenvalue weighted by Gasteiger charge is -2.07. The van der Waals surface area contributed by atoms with Gasteiger partial charge in [0.1, 0.15) is 6.54 Å². The Bertz CT molecular complexity index is 1140. The van der Waals surface area contributed by atoms with E-state index in [1.807, 2.05) is 49.4 Å². The predicted molar refractivity (Wildman–Crippen MR) is 103 cm³/mol. The number of hydrogen-bond acceptors (Lipinski definition) is 5. The first-order valence-electron chi connectivity index (χ1n) is 8.43. The maximum atomic E-state index is 10.7. The quantitative estimate of drug-likeness (QED) is 0.504. The highest BCUT2D eigenvalue weighted by molar-refractivity contribution is 5.88. The summed E-state index contributed by atoms with van der Waals surface area (Å²) < 4.78 is 0. The molecule has 3 heterocycles. The smallest absolute Gasteiger partial charge is 0.322 e. The maximum Gasteiger partial charge on any atom is 0.322 e. The van der Waals surface area contributed by atoms with Crippen molar-refractivity contribution in [3.05, 3.63) is 60.7 Å². The molecule has 3 aromatic heterocycles. The third-order valence-corrected chi connectivity index (χ3v) is 4.18. The molecular weight excluding hydrogens is 342 g/mol. The number of carbonyl (C=O) groups is 1. The minimum absolute atomic E-state index is 0.157. The summed E-state index contributed by atoms with van der Waals surface area (Å²) in [6.07, 6.45) is 3.28. The van der Waals surface area contributed by atoms with Crippen LogP contribution in [0.1, 0.15) is 5.69 Å². The number of hydrogen-bond donors (Lipinski definition) is 3. The minimum atomic E-state index is -0.921. The summed E-state index contributed by atoms with van der Waals surface area (Å²) in [7, 11) is 0. The van der Waals surface area contributed by atoms with Gasteiger partial charge in [-0.05, 0) is 37.3 Å². The van der Waals surface area contributed by atoms with Crippen molar-refractivity contribution in [3.8, 4) is 22.6 Å². The van der Waals surface area contributed by atoms with E-state index >= 15 is 0 Å². The molecule has 4 rings (SSSR count).